The van der Waals surface area contributed by atoms with Crippen LogP contribution in [-0.2, 0) is 0 Å². The molecule has 0 saturated carbocycles. The van der Waals surface area contributed by atoms with Crippen LogP contribution in [0.3, 0.4) is 0 Å². The van der Waals surface area contributed by atoms with E-state index in [1.54, 1.807) is 16.2 Å². The smallest absolute Gasteiger partial charge is 0.229 e. The average molecular weight is 255 g/mol. The Balaban J connectivity index is 2.54. The van der Waals surface area contributed by atoms with Crippen LogP contribution in [0.1, 0.15) is 5.56 Å². The van der Waals surface area contributed by atoms with Crippen molar-refractivity contribution >= 4 is 28.9 Å². The molecule has 0 amide bonds. The van der Waals surface area contributed by atoms with Gasteiger partial charge in [0, 0.05) is 14.1 Å². The minimum absolute atomic E-state index is 0.224. The molecule has 2 aromatic heterocycles. The van der Waals surface area contributed by atoms with Gasteiger partial charge in [0.1, 0.15) is 0 Å². The fraction of sp³-hybridized carbons (Fsp3) is 0.300. The second-order valence-electron chi connectivity index (χ2n) is 3.56. The molecule has 0 aliphatic rings. The van der Waals surface area contributed by atoms with Crippen LogP contribution in [0.2, 0.25) is 5.28 Å². The number of hydrogen-bond donors (Lipinski definition) is 0. The molecule has 0 aromatic carbocycles. The highest BCUT2D eigenvalue weighted by Gasteiger charge is 2.11. The van der Waals surface area contributed by atoms with Gasteiger partial charge in [-0.05, 0) is 35.5 Å². The first-order chi connectivity index (χ1) is 7.58. The average Bonchev–Trinajstić information content (AvgIpc) is 2.63. The molecule has 84 valence electrons. The van der Waals surface area contributed by atoms with Crippen molar-refractivity contribution in [1.82, 2.24) is 15.0 Å². The summed E-state index contributed by atoms with van der Waals surface area (Å²) in [6.45, 7) is 2.03. The number of rotatable bonds is 2. The maximum atomic E-state index is 5.88. The van der Waals surface area contributed by atoms with Gasteiger partial charge in [0.25, 0.3) is 0 Å². The van der Waals surface area contributed by atoms with Crippen LogP contribution >= 0.6 is 22.9 Å². The maximum absolute atomic E-state index is 5.88. The van der Waals surface area contributed by atoms with Crippen molar-refractivity contribution in [3.63, 3.8) is 0 Å². The van der Waals surface area contributed by atoms with Crippen LogP contribution in [0.4, 0.5) is 5.95 Å². The fourth-order valence-corrected chi connectivity index (χ4v) is 2.26. The largest absolute Gasteiger partial charge is 0.347 e. The third-order valence-corrected chi connectivity index (χ3v) is 3.24. The summed E-state index contributed by atoms with van der Waals surface area (Å²) in [6, 6.07) is 2.03. The predicted molar refractivity (Wildman–Crippen MR) is 67.2 cm³/mol. The van der Waals surface area contributed by atoms with Gasteiger partial charge in [-0.1, -0.05) is 0 Å². The molecule has 0 atom stereocenters. The fourth-order valence-electron chi connectivity index (χ4n) is 1.24. The lowest BCUT2D eigenvalue weighted by Crippen LogP contribution is -2.13. The first kappa shape index (κ1) is 11.3. The molecule has 16 heavy (non-hydrogen) atoms. The molecule has 2 aromatic rings. The standard InChI is InChI=1S/C10H11ClN4S/c1-6-4-5-16-7(6)8-12-9(11)14-10(13-8)15(2)3/h4-5H,1-3H3. The highest BCUT2D eigenvalue weighted by molar-refractivity contribution is 7.13. The molecule has 0 aliphatic carbocycles. The SMILES string of the molecule is Cc1ccsc1-c1nc(Cl)nc(N(C)C)n1. The molecule has 6 heteroatoms. The van der Waals surface area contributed by atoms with E-state index in [-0.39, 0.29) is 5.28 Å². The van der Waals surface area contributed by atoms with Gasteiger partial charge >= 0.3 is 0 Å². The van der Waals surface area contributed by atoms with E-state index in [1.807, 2.05) is 32.5 Å². The van der Waals surface area contributed by atoms with Crippen molar-refractivity contribution < 1.29 is 0 Å². The molecule has 0 radical (unpaired) electrons. The molecule has 4 nitrogen and oxygen atoms in total. The van der Waals surface area contributed by atoms with Crippen LogP contribution in [0, 0.1) is 6.92 Å². The lowest BCUT2D eigenvalue weighted by molar-refractivity contribution is 0.963. The molecule has 0 aliphatic heterocycles. The summed E-state index contributed by atoms with van der Waals surface area (Å²) in [5, 5.41) is 2.24. The summed E-state index contributed by atoms with van der Waals surface area (Å²) < 4.78 is 0. The molecule has 0 N–H and O–H groups in total. The molecule has 0 bridgehead atoms. The number of anilines is 1. The zero-order valence-electron chi connectivity index (χ0n) is 9.23. The van der Waals surface area contributed by atoms with Gasteiger partial charge in [0.15, 0.2) is 5.82 Å². The molecule has 0 spiro atoms. The second-order valence-corrected chi connectivity index (χ2v) is 4.81. The van der Waals surface area contributed by atoms with Gasteiger partial charge in [0.05, 0.1) is 4.88 Å². The molecule has 2 rings (SSSR count). The normalized spacial score (nSPS) is 10.5. The summed E-state index contributed by atoms with van der Waals surface area (Å²) in [7, 11) is 3.74. The lowest BCUT2D eigenvalue weighted by Gasteiger charge is -2.10. The Kier molecular flexibility index (Phi) is 3.07. The van der Waals surface area contributed by atoms with E-state index >= 15 is 0 Å². The number of thiophene rings is 1. The van der Waals surface area contributed by atoms with Crippen LogP contribution in [0.25, 0.3) is 10.7 Å². The third kappa shape index (κ3) is 2.15. The second kappa shape index (κ2) is 4.35. The van der Waals surface area contributed by atoms with Gasteiger partial charge in [-0.25, -0.2) is 0 Å². The number of halogens is 1. The Morgan fingerprint density at radius 1 is 1.25 bits per heavy atom. The zero-order chi connectivity index (χ0) is 11.7. The van der Waals surface area contributed by atoms with Crippen molar-refractivity contribution in [3.05, 3.63) is 22.3 Å². The maximum Gasteiger partial charge on any atom is 0.229 e. The van der Waals surface area contributed by atoms with Crippen molar-refractivity contribution in [1.29, 1.82) is 0 Å². The van der Waals surface area contributed by atoms with Crippen molar-refractivity contribution in [3.8, 4) is 10.7 Å². The van der Waals surface area contributed by atoms with Crippen LogP contribution in [0.5, 0.6) is 0 Å². The Labute approximate surface area is 103 Å². The summed E-state index contributed by atoms with van der Waals surface area (Å²) in [4.78, 5) is 15.4. The van der Waals surface area contributed by atoms with Gasteiger partial charge < -0.3 is 4.90 Å². The van der Waals surface area contributed by atoms with E-state index in [4.69, 9.17) is 11.6 Å². The monoisotopic (exact) mass is 254 g/mol. The highest BCUT2D eigenvalue weighted by atomic mass is 35.5. The highest BCUT2D eigenvalue weighted by Crippen LogP contribution is 2.27. The Hall–Kier alpha value is -1.20. The van der Waals surface area contributed by atoms with Crippen molar-refractivity contribution in [2.24, 2.45) is 0 Å². The van der Waals surface area contributed by atoms with Crippen LogP contribution in [0.15, 0.2) is 11.4 Å². The summed E-state index contributed by atoms with van der Waals surface area (Å²) in [5.41, 5.74) is 1.15. The van der Waals surface area contributed by atoms with Gasteiger partial charge in [-0.2, -0.15) is 15.0 Å². The van der Waals surface area contributed by atoms with E-state index in [2.05, 4.69) is 15.0 Å². The van der Waals surface area contributed by atoms with Gasteiger partial charge in [-0.3, -0.25) is 0 Å². The van der Waals surface area contributed by atoms with Crippen molar-refractivity contribution in [2.45, 2.75) is 6.92 Å². The predicted octanol–water partition coefficient (Wildman–Crippen LogP) is 2.63. The summed E-state index contributed by atoms with van der Waals surface area (Å²) in [5.74, 6) is 1.21. The van der Waals surface area contributed by atoms with Crippen LogP contribution in [-0.4, -0.2) is 29.0 Å². The number of hydrogen-bond acceptors (Lipinski definition) is 5. The minimum atomic E-state index is 0.224. The van der Waals surface area contributed by atoms with Crippen LogP contribution < -0.4 is 4.90 Å². The number of aryl methyl sites for hydroxylation is 1. The molecule has 0 fully saturated rings. The quantitative estimate of drug-likeness (QED) is 0.826. The first-order valence-electron chi connectivity index (χ1n) is 4.71. The van der Waals surface area contributed by atoms with E-state index in [0.717, 1.165) is 10.4 Å². The molecule has 0 saturated heterocycles. The Morgan fingerprint density at radius 3 is 2.56 bits per heavy atom. The Bertz CT molecular complexity index is 509. The van der Waals surface area contributed by atoms with Crippen molar-refractivity contribution in [2.75, 3.05) is 19.0 Å². The van der Waals surface area contributed by atoms with E-state index < -0.39 is 0 Å². The van der Waals surface area contributed by atoms with Gasteiger partial charge in [-0.15, -0.1) is 11.3 Å². The molecular weight excluding hydrogens is 244 g/mol. The summed E-state index contributed by atoms with van der Waals surface area (Å²) >= 11 is 7.48. The first-order valence-corrected chi connectivity index (χ1v) is 5.97. The Morgan fingerprint density at radius 2 is 2.00 bits per heavy atom. The zero-order valence-corrected chi connectivity index (χ0v) is 10.8. The summed E-state index contributed by atoms with van der Waals surface area (Å²) in [6.07, 6.45) is 0. The topological polar surface area (TPSA) is 41.9 Å². The third-order valence-electron chi connectivity index (χ3n) is 2.06. The number of nitrogens with zero attached hydrogens (tertiary/aromatic N) is 4. The van der Waals surface area contributed by atoms with E-state index in [9.17, 15) is 0 Å². The number of aromatic nitrogens is 3. The molecular formula is C10H11ClN4S. The van der Waals surface area contributed by atoms with E-state index in [0.29, 0.717) is 11.8 Å². The van der Waals surface area contributed by atoms with Gasteiger partial charge in [0.2, 0.25) is 11.2 Å². The van der Waals surface area contributed by atoms with E-state index in [1.165, 1.54) is 0 Å². The molecule has 0 unspecified atom stereocenters. The molecule has 2 heterocycles. The minimum Gasteiger partial charge on any atom is -0.347 e. The lowest BCUT2D eigenvalue weighted by atomic mass is 10.3.